The summed E-state index contributed by atoms with van der Waals surface area (Å²) >= 11 is 4.70. The second kappa shape index (κ2) is 8.65. The van der Waals surface area contributed by atoms with Crippen LogP contribution in [0.25, 0.3) is 0 Å². The molecule has 0 N–H and O–H groups in total. The van der Waals surface area contributed by atoms with Crippen molar-refractivity contribution in [3.05, 3.63) is 70.8 Å². The smallest absolute Gasteiger partial charge is 0.175 e. The van der Waals surface area contributed by atoms with Crippen LogP contribution in [0.1, 0.15) is 27.0 Å². The molecule has 25 heavy (non-hydrogen) atoms. The summed E-state index contributed by atoms with van der Waals surface area (Å²) in [5.74, 6) is 1.39. The minimum Gasteiger partial charge on any atom is -0.293 e. The van der Waals surface area contributed by atoms with Gasteiger partial charge in [0.25, 0.3) is 0 Å². The molecular formula is C19H18N2OS3. The van der Waals surface area contributed by atoms with Gasteiger partial charge < -0.3 is 0 Å². The van der Waals surface area contributed by atoms with E-state index in [1.165, 1.54) is 28.5 Å². The van der Waals surface area contributed by atoms with E-state index in [1.54, 1.807) is 23.1 Å². The van der Waals surface area contributed by atoms with Crippen molar-refractivity contribution in [2.45, 2.75) is 28.3 Å². The molecule has 0 radical (unpaired) electrons. The number of aromatic nitrogens is 2. The van der Waals surface area contributed by atoms with Crippen LogP contribution in [0.3, 0.4) is 0 Å². The molecule has 3 rings (SSSR count). The van der Waals surface area contributed by atoms with Crippen molar-refractivity contribution in [2.75, 3.05) is 5.75 Å². The molecular weight excluding hydrogens is 368 g/mol. The molecule has 1 aromatic heterocycles. The Hall–Kier alpha value is -1.63. The lowest BCUT2D eigenvalue weighted by Gasteiger charge is -2.05. The van der Waals surface area contributed by atoms with Crippen LogP contribution in [0.15, 0.2) is 57.2 Å². The van der Waals surface area contributed by atoms with Gasteiger partial charge in [-0.05, 0) is 25.0 Å². The highest BCUT2D eigenvalue weighted by molar-refractivity contribution is 8.03. The second-order valence-electron chi connectivity index (χ2n) is 5.63. The highest BCUT2D eigenvalue weighted by Gasteiger charge is 2.10. The maximum atomic E-state index is 12.1. The first-order valence-electron chi connectivity index (χ1n) is 7.85. The Morgan fingerprint density at radius 3 is 2.48 bits per heavy atom. The van der Waals surface area contributed by atoms with E-state index in [0.29, 0.717) is 5.75 Å². The number of benzene rings is 2. The van der Waals surface area contributed by atoms with Gasteiger partial charge in [-0.1, -0.05) is 89.0 Å². The van der Waals surface area contributed by atoms with Gasteiger partial charge in [-0.15, -0.1) is 10.2 Å². The van der Waals surface area contributed by atoms with Crippen molar-refractivity contribution in [3.8, 4) is 0 Å². The van der Waals surface area contributed by atoms with E-state index in [1.807, 2.05) is 30.3 Å². The number of aryl methyl sites for hydroxylation is 2. The SMILES string of the molecule is Cc1ccc(C)c(CSc2nnc(SCC(=O)c3ccccc3)s2)c1. The molecule has 0 aliphatic carbocycles. The summed E-state index contributed by atoms with van der Waals surface area (Å²) in [7, 11) is 0. The van der Waals surface area contributed by atoms with E-state index >= 15 is 0 Å². The predicted molar refractivity (Wildman–Crippen MR) is 107 cm³/mol. The molecule has 0 amide bonds. The Kier molecular flexibility index (Phi) is 6.29. The number of thioether (sulfide) groups is 2. The van der Waals surface area contributed by atoms with Crippen molar-refractivity contribution in [3.63, 3.8) is 0 Å². The normalized spacial score (nSPS) is 10.8. The van der Waals surface area contributed by atoms with Gasteiger partial charge in [0.15, 0.2) is 14.5 Å². The Bertz CT molecular complexity index is 862. The Balaban J connectivity index is 1.54. The van der Waals surface area contributed by atoms with Gasteiger partial charge in [0, 0.05) is 11.3 Å². The summed E-state index contributed by atoms with van der Waals surface area (Å²) in [6.45, 7) is 4.24. The topological polar surface area (TPSA) is 42.9 Å². The molecule has 0 atom stereocenters. The van der Waals surface area contributed by atoms with Crippen molar-refractivity contribution in [1.82, 2.24) is 10.2 Å². The molecule has 3 nitrogen and oxygen atoms in total. The number of rotatable bonds is 7. The Labute approximate surface area is 160 Å². The van der Waals surface area contributed by atoms with Crippen LogP contribution in [0.2, 0.25) is 0 Å². The van der Waals surface area contributed by atoms with Crippen molar-refractivity contribution in [2.24, 2.45) is 0 Å². The van der Waals surface area contributed by atoms with Gasteiger partial charge in [-0.3, -0.25) is 4.79 Å². The second-order valence-corrected chi connectivity index (χ2v) is 9.05. The number of ketones is 1. The lowest BCUT2D eigenvalue weighted by molar-refractivity contribution is 0.102. The van der Waals surface area contributed by atoms with E-state index in [9.17, 15) is 4.79 Å². The van der Waals surface area contributed by atoms with E-state index in [2.05, 4.69) is 42.2 Å². The zero-order valence-electron chi connectivity index (χ0n) is 14.1. The number of nitrogens with zero attached hydrogens (tertiary/aromatic N) is 2. The highest BCUT2D eigenvalue weighted by Crippen LogP contribution is 2.31. The molecule has 0 aliphatic heterocycles. The van der Waals surface area contributed by atoms with Crippen LogP contribution in [-0.4, -0.2) is 21.7 Å². The summed E-state index contributed by atoms with van der Waals surface area (Å²) in [4.78, 5) is 12.1. The van der Waals surface area contributed by atoms with Crippen molar-refractivity contribution >= 4 is 40.6 Å². The molecule has 0 saturated carbocycles. The van der Waals surface area contributed by atoms with Crippen LogP contribution in [0.5, 0.6) is 0 Å². The lowest BCUT2D eigenvalue weighted by atomic mass is 10.1. The maximum Gasteiger partial charge on any atom is 0.175 e. The standard InChI is InChI=1S/C19H18N2OS3/c1-13-8-9-14(2)16(10-13)11-23-18-20-21-19(25-18)24-12-17(22)15-6-4-3-5-7-15/h3-10H,11-12H2,1-2H3. The zero-order chi connectivity index (χ0) is 17.6. The summed E-state index contributed by atoms with van der Waals surface area (Å²) in [6, 6.07) is 15.9. The fourth-order valence-electron chi connectivity index (χ4n) is 2.24. The van der Waals surface area contributed by atoms with E-state index < -0.39 is 0 Å². The first kappa shape index (κ1) is 18.2. The summed E-state index contributed by atoms with van der Waals surface area (Å²) in [5.41, 5.74) is 4.64. The number of hydrogen-bond acceptors (Lipinski definition) is 6. The predicted octanol–water partition coefficient (Wildman–Crippen LogP) is 5.42. The largest absolute Gasteiger partial charge is 0.293 e. The van der Waals surface area contributed by atoms with Crippen LogP contribution in [0, 0.1) is 13.8 Å². The van der Waals surface area contributed by atoms with Gasteiger partial charge >= 0.3 is 0 Å². The molecule has 0 fully saturated rings. The Morgan fingerprint density at radius 2 is 1.72 bits per heavy atom. The van der Waals surface area contributed by atoms with Crippen LogP contribution in [0.4, 0.5) is 0 Å². The molecule has 0 saturated heterocycles. The summed E-state index contributed by atoms with van der Waals surface area (Å²) in [5, 5.41) is 8.43. The summed E-state index contributed by atoms with van der Waals surface area (Å²) < 4.78 is 1.78. The van der Waals surface area contributed by atoms with E-state index in [-0.39, 0.29) is 5.78 Å². The van der Waals surface area contributed by atoms with Crippen molar-refractivity contribution < 1.29 is 4.79 Å². The third kappa shape index (κ3) is 5.17. The third-order valence-electron chi connectivity index (χ3n) is 3.67. The van der Waals surface area contributed by atoms with Gasteiger partial charge in [-0.2, -0.15) is 0 Å². The van der Waals surface area contributed by atoms with Crippen LogP contribution >= 0.6 is 34.9 Å². The maximum absolute atomic E-state index is 12.1. The number of Topliss-reactive ketones (excluding diaryl/α,β-unsaturated/α-hetero) is 1. The van der Waals surface area contributed by atoms with Gasteiger partial charge in [0.05, 0.1) is 5.75 Å². The average molecular weight is 387 g/mol. The third-order valence-corrected chi connectivity index (χ3v) is 6.90. The molecule has 0 unspecified atom stereocenters. The number of carbonyl (C=O) groups is 1. The molecule has 3 aromatic rings. The Morgan fingerprint density at radius 1 is 1.00 bits per heavy atom. The molecule has 0 spiro atoms. The zero-order valence-corrected chi connectivity index (χ0v) is 16.5. The van der Waals surface area contributed by atoms with Gasteiger partial charge in [0.2, 0.25) is 0 Å². The van der Waals surface area contributed by atoms with E-state index in [4.69, 9.17) is 0 Å². The monoisotopic (exact) mass is 386 g/mol. The van der Waals surface area contributed by atoms with Crippen LogP contribution in [-0.2, 0) is 5.75 Å². The van der Waals surface area contributed by atoms with Crippen molar-refractivity contribution in [1.29, 1.82) is 0 Å². The minimum atomic E-state index is 0.116. The highest BCUT2D eigenvalue weighted by atomic mass is 32.2. The van der Waals surface area contributed by atoms with Gasteiger partial charge in [-0.25, -0.2) is 0 Å². The molecule has 2 aromatic carbocycles. The average Bonchev–Trinajstić information content (AvgIpc) is 3.09. The summed E-state index contributed by atoms with van der Waals surface area (Å²) in [6.07, 6.45) is 0. The number of carbonyl (C=O) groups excluding carboxylic acids is 1. The molecule has 1 heterocycles. The minimum absolute atomic E-state index is 0.116. The van der Waals surface area contributed by atoms with E-state index in [0.717, 1.165) is 20.0 Å². The quantitative estimate of drug-likeness (QED) is 0.400. The van der Waals surface area contributed by atoms with Gasteiger partial charge in [0.1, 0.15) is 0 Å². The first-order valence-corrected chi connectivity index (χ1v) is 10.6. The molecule has 0 bridgehead atoms. The molecule has 0 aliphatic rings. The number of hydrogen-bond donors (Lipinski definition) is 0. The molecule has 128 valence electrons. The fourth-order valence-corrected chi connectivity index (χ4v) is 5.22. The lowest BCUT2D eigenvalue weighted by Crippen LogP contribution is -2.01. The van der Waals surface area contributed by atoms with Crippen LogP contribution < -0.4 is 0 Å². The molecule has 6 heteroatoms. The first-order chi connectivity index (χ1) is 12.1. The fraction of sp³-hybridized carbons (Fsp3) is 0.211.